The zero-order chi connectivity index (χ0) is 20.0. The first kappa shape index (κ1) is 20.7. The minimum absolute atomic E-state index is 0.302. The molecular weight excluding hydrogens is 367 g/mol. The van der Waals surface area contributed by atoms with E-state index in [1.54, 1.807) is 18.9 Å². The summed E-state index contributed by atoms with van der Waals surface area (Å²) in [5, 5.41) is 0. The molecule has 0 aliphatic carbocycles. The Hall–Kier alpha value is -2.59. The number of ether oxygens (including phenoxy) is 4. The molecule has 0 aliphatic heterocycles. The van der Waals surface area contributed by atoms with Crippen molar-refractivity contribution >= 4 is 11.6 Å². The maximum atomic E-state index is 12.2. The van der Waals surface area contributed by atoms with E-state index in [1.807, 2.05) is 0 Å². The van der Waals surface area contributed by atoms with E-state index in [0.29, 0.717) is 17.4 Å². The van der Waals surface area contributed by atoms with E-state index in [0.717, 1.165) is 0 Å². The lowest BCUT2D eigenvalue weighted by Crippen LogP contribution is -2.32. The van der Waals surface area contributed by atoms with Crippen LogP contribution in [0.2, 0.25) is 0 Å². The first-order chi connectivity index (χ1) is 12.7. The van der Waals surface area contributed by atoms with Gasteiger partial charge < -0.3 is 23.8 Å². The number of benzene rings is 1. The summed E-state index contributed by atoms with van der Waals surface area (Å²) in [4.78, 5) is 10.0. The number of hydrogen-bond donors (Lipinski definition) is 0. The molecule has 0 bridgehead atoms. The summed E-state index contributed by atoms with van der Waals surface area (Å²) in [6, 6.07) is 5.37. The van der Waals surface area contributed by atoms with E-state index in [4.69, 9.17) is 14.2 Å². The van der Waals surface area contributed by atoms with E-state index in [1.165, 1.54) is 50.9 Å². The average Bonchev–Trinajstić information content (AvgIpc) is 2.62. The monoisotopic (exact) mass is 387 g/mol. The summed E-state index contributed by atoms with van der Waals surface area (Å²) in [6.45, 7) is 1.78. The molecule has 0 saturated heterocycles. The molecule has 2 aromatic rings. The highest BCUT2D eigenvalue weighted by Gasteiger charge is 2.31. The molecule has 2 rings (SSSR count). The second kappa shape index (κ2) is 8.87. The van der Waals surface area contributed by atoms with Crippen LogP contribution in [0.15, 0.2) is 36.7 Å². The summed E-state index contributed by atoms with van der Waals surface area (Å²) in [5.74, 6) is 0.464. The molecule has 0 spiro atoms. The highest BCUT2D eigenvalue weighted by atomic mass is 19.4. The van der Waals surface area contributed by atoms with Gasteiger partial charge in [0.25, 0.3) is 0 Å². The summed E-state index contributed by atoms with van der Waals surface area (Å²) < 4.78 is 56.3. The van der Waals surface area contributed by atoms with Gasteiger partial charge in [0.1, 0.15) is 11.9 Å². The number of anilines is 2. The first-order valence-electron chi connectivity index (χ1n) is 7.87. The fourth-order valence-electron chi connectivity index (χ4n) is 2.28. The maximum absolute atomic E-state index is 12.2. The standard InChI is InChI=1S/C17H20F3N3O4/c1-11(15(24-3)25-4)26-14-9-21-16(22-10-14)23(2)12-5-7-13(8-6-12)27-17(18,19)20/h5-11,15H,1-4H3. The van der Waals surface area contributed by atoms with Crippen molar-refractivity contribution < 1.29 is 32.1 Å². The van der Waals surface area contributed by atoms with Crippen LogP contribution in [0, 0.1) is 0 Å². The van der Waals surface area contributed by atoms with E-state index in [9.17, 15) is 13.2 Å². The molecule has 1 aromatic carbocycles. The molecule has 0 aliphatic rings. The third kappa shape index (κ3) is 5.97. The van der Waals surface area contributed by atoms with Gasteiger partial charge in [-0.3, -0.25) is 0 Å². The Labute approximate surface area is 154 Å². The van der Waals surface area contributed by atoms with Crippen LogP contribution in [-0.2, 0) is 9.47 Å². The van der Waals surface area contributed by atoms with Gasteiger partial charge in [-0.2, -0.15) is 0 Å². The van der Waals surface area contributed by atoms with Crippen molar-refractivity contribution in [3.63, 3.8) is 0 Å². The van der Waals surface area contributed by atoms with E-state index < -0.39 is 12.7 Å². The molecule has 27 heavy (non-hydrogen) atoms. The topological polar surface area (TPSA) is 65.9 Å². The normalized spacial score (nSPS) is 12.7. The molecule has 1 atom stereocenters. The molecule has 10 heteroatoms. The van der Waals surface area contributed by atoms with Crippen molar-refractivity contribution in [2.75, 3.05) is 26.2 Å². The number of alkyl halides is 3. The molecule has 1 aromatic heterocycles. The van der Waals surface area contributed by atoms with Crippen LogP contribution in [0.5, 0.6) is 11.5 Å². The minimum atomic E-state index is -4.73. The predicted octanol–water partition coefficient (Wildman–Crippen LogP) is 3.53. The number of halogens is 3. The van der Waals surface area contributed by atoms with E-state index in [-0.39, 0.29) is 11.9 Å². The number of rotatable bonds is 8. The number of nitrogens with zero attached hydrogens (tertiary/aromatic N) is 3. The SMILES string of the molecule is COC(OC)C(C)Oc1cnc(N(C)c2ccc(OC(F)(F)F)cc2)nc1. The lowest BCUT2D eigenvalue weighted by molar-refractivity contribution is -0.274. The molecule has 1 unspecified atom stereocenters. The van der Waals surface area contributed by atoms with Crippen molar-refractivity contribution in [2.45, 2.75) is 25.7 Å². The van der Waals surface area contributed by atoms with Crippen LogP contribution in [-0.4, -0.2) is 50.0 Å². The van der Waals surface area contributed by atoms with Gasteiger partial charge in [-0.25, -0.2) is 9.97 Å². The summed E-state index contributed by atoms with van der Waals surface area (Å²) in [7, 11) is 4.70. The maximum Gasteiger partial charge on any atom is 0.573 e. The quantitative estimate of drug-likeness (QED) is 0.642. The van der Waals surface area contributed by atoms with Crippen LogP contribution < -0.4 is 14.4 Å². The van der Waals surface area contributed by atoms with Gasteiger partial charge >= 0.3 is 6.36 Å². The molecule has 0 radical (unpaired) electrons. The minimum Gasteiger partial charge on any atom is -0.482 e. The van der Waals surface area contributed by atoms with Gasteiger partial charge in [-0.15, -0.1) is 13.2 Å². The first-order valence-corrected chi connectivity index (χ1v) is 7.87. The molecule has 0 amide bonds. The fourth-order valence-corrected chi connectivity index (χ4v) is 2.28. The number of hydrogen-bond acceptors (Lipinski definition) is 7. The molecule has 148 valence electrons. The van der Waals surface area contributed by atoms with Gasteiger partial charge in [-0.1, -0.05) is 0 Å². The van der Waals surface area contributed by atoms with Crippen molar-refractivity contribution in [3.8, 4) is 11.5 Å². The summed E-state index contributed by atoms with van der Waals surface area (Å²) in [5.41, 5.74) is 0.588. The van der Waals surface area contributed by atoms with Crippen molar-refractivity contribution in [1.82, 2.24) is 9.97 Å². The molecular formula is C17H20F3N3O4. The van der Waals surface area contributed by atoms with Crippen molar-refractivity contribution in [1.29, 1.82) is 0 Å². The Morgan fingerprint density at radius 3 is 2.00 bits per heavy atom. The Kier molecular flexibility index (Phi) is 6.81. The van der Waals surface area contributed by atoms with E-state index >= 15 is 0 Å². The largest absolute Gasteiger partial charge is 0.573 e. The zero-order valence-electron chi connectivity index (χ0n) is 15.2. The summed E-state index contributed by atoms with van der Waals surface area (Å²) in [6.07, 6.45) is -2.68. The van der Waals surface area contributed by atoms with Gasteiger partial charge in [0.2, 0.25) is 5.95 Å². The van der Waals surface area contributed by atoms with Crippen LogP contribution in [0.4, 0.5) is 24.8 Å². The highest BCUT2D eigenvalue weighted by Crippen LogP contribution is 2.27. The highest BCUT2D eigenvalue weighted by molar-refractivity contribution is 5.57. The van der Waals surface area contributed by atoms with Gasteiger partial charge in [0.15, 0.2) is 12.0 Å². The van der Waals surface area contributed by atoms with Crippen molar-refractivity contribution in [3.05, 3.63) is 36.7 Å². The average molecular weight is 387 g/mol. The van der Waals surface area contributed by atoms with Crippen LogP contribution in [0.3, 0.4) is 0 Å². The molecule has 0 saturated carbocycles. The number of methoxy groups -OCH3 is 2. The second-order valence-electron chi connectivity index (χ2n) is 5.48. The second-order valence-corrected chi connectivity index (χ2v) is 5.48. The van der Waals surface area contributed by atoms with Crippen LogP contribution in [0.25, 0.3) is 0 Å². The zero-order valence-corrected chi connectivity index (χ0v) is 15.2. The third-order valence-electron chi connectivity index (χ3n) is 3.54. The van der Waals surface area contributed by atoms with E-state index in [2.05, 4.69) is 14.7 Å². The van der Waals surface area contributed by atoms with Gasteiger partial charge in [0.05, 0.1) is 12.4 Å². The Morgan fingerprint density at radius 2 is 1.52 bits per heavy atom. The fraction of sp³-hybridized carbons (Fsp3) is 0.412. The lowest BCUT2D eigenvalue weighted by atomic mass is 10.3. The molecule has 0 fully saturated rings. The number of aromatic nitrogens is 2. The Bertz CT molecular complexity index is 707. The third-order valence-corrected chi connectivity index (χ3v) is 3.54. The van der Waals surface area contributed by atoms with Gasteiger partial charge in [-0.05, 0) is 31.2 Å². The molecule has 1 heterocycles. The summed E-state index contributed by atoms with van der Waals surface area (Å²) >= 11 is 0. The Balaban J connectivity index is 2.03. The van der Waals surface area contributed by atoms with Gasteiger partial charge in [0, 0.05) is 27.0 Å². The molecule has 0 N–H and O–H groups in total. The van der Waals surface area contributed by atoms with Crippen LogP contribution >= 0.6 is 0 Å². The molecule has 7 nitrogen and oxygen atoms in total. The van der Waals surface area contributed by atoms with Crippen molar-refractivity contribution in [2.24, 2.45) is 0 Å². The predicted molar refractivity (Wildman–Crippen MR) is 91.1 cm³/mol. The van der Waals surface area contributed by atoms with Crippen LogP contribution in [0.1, 0.15) is 6.92 Å². The Morgan fingerprint density at radius 1 is 0.963 bits per heavy atom. The lowest BCUT2D eigenvalue weighted by Gasteiger charge is -2.22. The smallest absolute Gasteiger partial charge is 0.482 e.